The Balaban J connectivity index is 3.18. The van der Waals surface area contributed by atoms with Crippen LogP contribution in [0.15, 0.2) is 18.8 Å². The summed E-state index contributed by atoms with van der Waals surface area (Å²) in [6, 6.07) is 2.02. The minimum atomic E-state index is 1.14. The molecular weight excluding hydrogens is 112 g/mol. The van der Waals surface area contributed by atoms with Crippen LogP contribution < -0.4 is 4.68 Å². The largest absolute Gasteiger partial charge is 0.195 e. The Morgan fingerprint density at radius 2 is 2.44 bits per heavy atom. The lowest BCUT2D eigenvalue weighted by molar-refractivity contribution is -0.751. The first-order chi connectivity index (χ1) is 4.25. The van der Waals surface area contributed by atoms with Gasteiger partial charge in [-0.3, -0.25) is 0 Å². The molecule has 0 radical (unpaired) electrons. The van der Waals surface area contributed by atoms with Gasteiger partial charge in [-0.1, -0.05) is 6.58 Å². The molecule has 0 aliphatic heterocycles. The Hall–Kier alpha value is -1.05. The van der Waals surface area contributed by atoms with Crippen molar-refractivity contribution in [3.63, 3.8) is 0 Å². The van der Waals surface area contributed by atoms with Gasteiger partial charge in [0.15, 0.2) is 13.2 Å². The van der Waals surface area contributed by atoms with Crippen LogP contribution in [0.25, 0.3) is 6.08 Å². The summed E-state index contributed by atoms with van der Waals surface area (Å²) in [6.45, 7) is 3.67. The van der Waals surface area contributed by atoms with E-state index in [4.69, 9.17) is 0 Å². The lowest BCUT2D eigenvalue weighted by Crippen LogP contribution is -2.36. The molecule has 0 fully saturated rings. The lowest BCUT2D eigenvalue weighted by Gasteiger charge is -1.89. The van der Waals surface area contributed by atoms with E-state index in [9.17, 15) is 0 Å². The summed E-state index contributed by atoms with van der Waals surface area (Å²) < 4.78 is 4.02. The number of hydrogen-bond acceptors (Lipinski definition) is 0. The predicted molar refractivity (Wildman–Crippen MR) is 36.7 cm³/mol. The van der Waals surface area contributed by atoms with E-state index in [-0.39, 0.29) is 0 Å². The normalized spacial score (nSPS) is 9.56. The highest BCUT2D eigenvalue weighted by Crippen LogP contribution is 1.93. The van der Waals surface area contributed by atoms with Crippen LogP contribution in [0.3, 0.4) is 0 Å². The summed E-state index contributed by atoms with van der Waals surface area (Å²) in [7, 11) is 3.99. The fourth-order valence-corrected chi connectivity index (χ4v) is 0.774. The molecule has 1 heterocycles. The van der Waals surface area contributed by atoms with Crippen molar-refractivity contribution in [3.05, 3.63) is 24.5 Å². The molecule has 0 saturated heterocycles. The van der Waals surface area contributed by atoms with Crippen LogP contribution in [-0.4, -0.2) is 4.68 Å². The van der Waals surface area contributed by atoms with Crippen LogP contribution in [0.4, 0.5) is 0 Å². The number of aryl methyl sites for hydroxylation is 1. The van der Waals surface area contributed by atoms with Crippen molar-refractivity contribution in [2.24, 2.45) is 14.1 Å². The van der Waals surface area contributed by atoms with E-state index in [0.29, 0.717) is 0 Å². The van der Waals surface area contributed by atoms with Crippen LogP contribution in [-0.2, 0) is 14.1 Å². The minimum absolute atomic E-state index is 1.14. The van der Waals surface area contributed by atoms with Crippen molar-refractivity contribution in [3.8, 4) is 0 Å². The standard InChI is InChI=1S/C7H11N2/c1-4-7-5-6-8(2)9(7)3/h4-6H,1H2,2-3H3/q+1. The van der Waals surface area contributed by atoms with Gasteiger partial charge < -0.3 is 0 Å². The molecule has 0 bridgehead atoms. The molecule has 48 valence electrons. The Bertz CT molecular complexity index is 223. The Labute approximate surface area is 55.0 Å². The van der Waals surface area contributed by atoms with Gasteiger partial charge in [0, 0.05) is 6.07 Å². The minimum Gasteiger partial charge on any atom is -0.157 e. The summed E-state index contributed by atoms with van der Waals surface area (Å²) in [6.07, 6.45) is 3.83. The molecule has 0 N–H and O–H groups in total. The maximum atomic E-state index is 3.67. The maximum Gasteiger partial charge on any atom is 0.195 e. The summed E-state index contributed by atoms with van der Waals surface area (Å²) in [4.78, 5) is 0. The van der Waals surface area contributed by atoms with Gasteiger partial charge in [-0.05, 0) is 6.08 Å². The lowest BCUT2D eigenvalue weighted by atomic mass is 10.4. The second-order valence-corrected chi connectivity index (χ2v) is 2.04. The molecule has 1 aromatic heterocycles. The highest BCUT2D eigenvalue weighted by atomic mass is 15.4. The SMILES string of the molecule is C=Cc1cc[n+](C)n1C. The Morgan fingerprint density at radius 1 is 1.78 bits per heavy atom. The van der Waals surface area contributed by atoms with Crippen LogP contribution in [0.1, 0.15) is 5.69 Å². The first kappa shape index (κ1) is 6.08. The molecule has 0 spiro atoms. The molecule has 0 aromatic carbocycles. The van der Waals surface area contributed by atoms with Gasteiger partial charge in [-0.15, -0.1) is 4.68 Å². The highest BCUT2D eigenvalue weighted by Gasteiger charge is 2.00. The van der Waals surface area contributed by atoms with Gasteiger partial charge in [-0.2, -0.15) is 4.68 Å². The molecule has 0 aliphatic carbocycles. The number of aromatic nitrogens is 2. The fourth-order valence-electron chi connectivity index (χ4n) is 0.774. The van der Waals surface area contributed by atoms with Crippen molar-refractivity contribution in [1.82, 2.24) is 4.68 Å². The highest BCUT2D eigenvalue weighted by molar-refractivity contribution is 5.39. The van der Waals surface area contributed by atoms with Crippen molar-refractivity contribution >= 4 is 6.08 Å². The van der Waals surface area contributed by atoms with Crippen molar-refractivity contribution < 1.29 is 4.68 Å². The van der Waals surface area contributed by atoms with Crippen LogP contribution >= 0.6 is 0 Å². The number of hydrogen-bond donors (Lipinski definition) is 0. The summed E-state index contributed by atoms with van der Waals surface area (Å²) in [5, 5.41) is 0. The van der Waals surface area contributed by atoms with E-state index < -0.39 is 0 Å². The topological polar surface area (TPSA) is 8.81 Å². The molecule has 0 saturated carbocycles. The van der Waals surface area contributed by atoms with E-state index >= 15 is 0 Å². The molecule has 2 heteroatoms. The van der Waals surface area contributed by atoms with Gasteiger partial charge >= 0.3 is 0 Å². The summed E-state index contributed by atoms with van der Waals surface area (Å²) in [5.41, 5.74) is 1.14. The summed E-state index contributed by atoms with van der Waals surface area (Å²) >= 11 is 0. The predicted octanol–water partition coefficient (Wildman–Crippen LogP) is 0.493. The number of rotatable bonds is 1. The fraction of sp³-hybridized carbons (Fsp3) is 0.286. The third kappa shape index (κ3) is 0.875. The van der Waals surface area contributed by atoms with Crippen molar-refractivity contribution in [2.45, 2.75) is 0 Å². The van der Waals surface area contributed by atoms with Gasteiger partial charge in [0.25, 0.3) is 0 Å². The average Bonchev–Trinajstić information content (AvgIpc) is 2.15. The second kappa shape index (κ2) is 2.05. The molecule has 0 unspecified atom stereocenters. The maximum absolute atomic E-state index is 3.67. The smallest absolute Gasteiger partial charge is 0.157 e. The third-order valence-corrected chi connectivity index (χ3v) is 1.52. The van der Waals surface area contributed by atoms with E-state index in [1.54, 1.807) is 0 Å². The molecule has 0 aliphatic rings. The first-order valence-electron chi connectivity index (χ1n) is 2.90. The zero-order chi connectivity index (χ0) is 6.85. The van der Waals surface area contributed by atoms with E-state index in [0.717, 1.165) is 5.69 Å². The van der Waals surface area contributed by atoms with Gasteiger partial charge in [0.05, 0.1) is 7.05 Å². The molecule has 1 rings (SSSR count). The molecule has 2 nitrogen and oxygen atoms in total. The van der Waals surface area contributed by atoms with E-state index in [2.05, 4.69) is 6.58 Å². The zero-order valence-corrected chi connectivity index (χ0v) is 5.83. The van der Waals surface area contributed by atoms with Gasteiger partial charge in [-0.25, -0.2) is 0 Å². The second-order valence-electron chi connectivity index (χ2n) is 2.04. The molecule has 0 atom stereocenters. The molecule has 1 aromatic rings. The van der Waals surface area contributed by atoms with E-state index in [1.165, 1.54) is 0 Å². The molecule has 9 heavy (non-hydrogen) atoms. The van der Waals surface area contributed by atoms with Gasteiger partial charge in [0.2, 0.25) is 0 Å². The van der Waals surface area contributed by atoms with Crippen molar-refractivity contribution in [2.75, 3.05) is 0 Å². The first-order valence-corrected chi connectivity index (χ1v) is 2.90. The van der Waals surface area contributed by atoms with Crippen molar-refractivity contribution in [1.29, 1.82) is 0 Å². The Morgan fingerprint density at radius 3 is 2.67 bits per heavy atom. The Kier molecular flexibility index (Phi) is 1.39. The number of nitrogens with zero attached hydrogens (tertiary/aromatic N) is 2. The monoisotopic (exact) mass is 123 g/mol. The van der Waals surface area contributed by atoms with Crippen LogP contribution in [0.5, 0.6) is 0 Å². The zero-order valence-electron chi connectivity index (χ0n) is 5.83. The van der Waals surface area contributed by atoms with Crippen LogP contribution in [0.2, 0.25) is 0 Å². The molecular formula is C7H11N2+. The van der Waals surface area contributed by atoms with Crippen LogP contribution in [0, 0.1) is 0 Å². The third-order valence-electron chi connectivity index (χ3n) is 1.52. The summed E-state index contributed by atoms with van der Waals surface area (Å²) in [5.74, 6) is 0. The van der Waals surface area contributed by atoms with E-state index in [1.807, 2.05) is 41.8 Å². The van der Waals surface area contributed by atoms with Gasteiger partial charge in [0.1, 0.15) is 5.69 Å². The average molecular weight is 123 g/mol. The quantitative estimate of drug-likeness (QED) is 0.481. The molecule has 0 amide bonds.